The Balaban J connectivity index is 1.61. The molecule has 0 unspecified atom stereocenters. The summed E-state index contributed by atoms with van der Waals surface area (Å²) in [5.41, 5.74) is 1.33. The van der Waals surface area contributed by atoms with Gasteiger partial charge in [0.25, 0.3) is 0 Å². The zero-order chi connectivity index (χ0) is 19.0. The Bertz CT molecular complexity index is 651. The highest BCUT2D eigenvalue weighted by atomic mass is 32.2. The Kier molecular flexibility index (Phi) is 8.10. The van der Waals surface area contributed by atoms with Crippen molar-refractivity contribution in [2.24, 2.45) is 5.92 Å². The molecule has 0 aliphatic heterocycles. The van der Waals surface area contributed by atoms with E-state index in [1.54, 1.807) is 13.8 Å². The number of sulfonamides is 1. The molecule has 146 valence electrons. The van der Waals surface area contributed by atoms with Crippen molar-refractivity contribution in [3.8, 4) is 0 Å². The lowest BCUT2D eigenvalue weighted by Gasteiger charge is -2.28. The number of rotatable bonds is 9. The van der Waals surface area contributed by atoms with Gasteiger partial charge in [-0.15, -0.1) is 0 Å². The molecular weight excluding hydrogens is 348 g/mol. The molecule has 0 saturated heterocycles. The maximum Gasteiger partial charge on any atom is 0.223 e. The predicted molar refractivity (Wildman–Crippen MR) is 105 cm³/mol. The zero-order valence-electron chi connectivity index (χ0n) is 15.9. The maximum atomic E-state index is 12.3. The van der Waals surface area contributed by atoms with Gasteiger partial charge < -0.3 is 5.32 Å². The summed E-state index contributed by atoms with van der Waals surface area (Å²) >= 11 is 0. The minimum atomic E-state index is -3.23. The molecule has 0 atom stereocenters. The van der Waals surface area contributed by atoms with Gasteiger partial charge in [0.15, 0.2) is 0 Å². The van der Waals surface area contributed by atoms with Gasteiger partial charge in [0, 0.05) is 18.5 Å². The lowest BCUT2D eigenvalue weighted by Crippen LogP contribution is -2.43. The molecule has 0 radical (unpaired) electrons. The summed E-state index contributed by atoms with van der Waals surface area (Å²) in [7, 11) is -3.23. The van der Waals surface area contributed by atoms with Crippen LogP contribution in [0.1, 0.15) is 57.9 Å². The summed E-state index contributed by atoms with van der Waals surface area (Å²) in [6, 6.07) is 10.3. The fourth-order valence-corrected chi connectivity index (χ4v) is 4.27. The third-order valence-corrected chi connectivity index (χ3v) is 6.99. The van der Waals surface area contributed by atoms with Crippen LogP contribution in [0.4, 0.5) is 0 Å². The minimum absolute atomic E-state index is 0.0175. The number of carbonyl (C=O) groups excluding carboxylic acids is 1. The van der Waals surface area contributed by atoms with Crippen molar-refractivity contribution in [1.29, 1.82) is 0 Å². The Hall–Kier alpha value is -1.40. The molecule has 1 amide bonds. The first-order chi connectivity index (χ1) is 12.4. The quantitative estimate of drug-likeness (QED) is 0.647. The van der Waals surface area contributed by atoms with Gasteiger partial charge in [0.05, 0.1) is 5.25 Å². The van der Waals surface area contributed by atoms with E-state index in [4.69, 9.17) is 0 Å². The van der Waals surface area contributed by atoms with Crippen LogP contribution in [0.25, 0.3) is 0 Å². The molecule has 1 aliphatic rings. The summed E-state index contributed by atoms with van der Waals surface area (Å²) < 4.78 is 26.6. The Morgan fingerprint density at radius 2 is 1.73 bits per heavy atom. The minimum Gasteiger partial charge on any atom is -0.356 e. The first kappa shape index (κ1) is 20.9. The first-order valence-electron chi connectivity index (χ1n) is 9.71. The van der Waals surface area contributed by atoms with Crippen LogP contribution >= 0.6 is 0 Å². The highest BCUT2D eigenvalue weighted by Crippen LogP contribution is 2.25. The molecule has 1 aromatic rings. The Labute approximate surface area is 158 Å². The molecule has 6 heteroatoms. The molecule has 0 bridgehead atoms. The number of carbonyl (C=O) groups is 1. The largest absolute Gasteiger partial charge is 0.356 e. The number of unbranched alkanes of at least 4 members (excludes halogenated alkanes) is 1. The van der Waals surface area contributed by atoms with Crippen LogP contribution < -0.4 is 10.0 Å². The fourth-order valence-electron chi connectivity index (χ4n) is 3.30. The third kappa shape index (κ3) is 6.72. The van der Waals surface area contributed by atoms with Crippen molar-refractivity contribution >= 4 is 15.9 Å². The summed E-state index contributed by atoms with van der Waals surface area (Å²) in [6.45, 7) is 4.07. The van der Waals surface area contributed by atoms with Crippen LogP contribution in [0.5, 0.6) is 0 Å². The number of aryl methyl sites for hydroxylation is 1. The van der Waals surface area contributed by atoms with Gasteiger partial charge in [0.2, 0.25) is 15.9 Å². The fraction of sp³-hybridized carbons (Fsp3) is 0.650. The third-order valence-electron chi connectivity index (χ3n) is 5.08. The number of amides is 1. The van der Waals surface area contributed by atoms with Gasteiger partial charge in [-0.2, -0.15) is 0 Å². The van der Waals surface area contributed by atoms with Crippen molar-refractivity contribution in [2.75, 3.05) is 6.54 Å². The van der Waals surface area contributed by atoms with E-state index in [2.05, 4.69) is 34.3 Å². The Morgan fingerprint density at radius 3 is 2.35 bits per heavy atom. The van der Waals surface area contributed by atoms with Gasteiger partial charge in [-0.3, -0.25) is 4.79 Å². The molecule has 2 rings (SSSR count). The van der Waals surface area contributed by atoms with Gasteiger partial charge in [-0.05, 0) is 64.4 Å². The van der Waals surface area contributed by atoms with Crippen LogP contribution in [0.3, 0.4) is 0 Å². The molecule has 0 spiro atoms. The van der Waals surface area contributed by atoms with Gasteiger partial charge >= 0.3 is 0 Å². The van der Waals surface area contributed by atoms with Crippen molar-refractivity contribution in [3.05, 3.63) is 35.9 Å². The van der Waals surface area contributed by atoms with Crippen LogP contribution in [0.15, 0.2) is 30.3 Å². The number of hydrogen-bond donors (Lipinski definition) is 2. The summed E-state index contributed by atoms with van der Waals surface area (Å²) in [5, 5.41) is 2.63. The van der Waals surface area contributed by atoms with Crippen molar-refractivity contribution in [3.63, 3.8) is 0 Å². The monoisotopic (exact) mass is 380 g/mol. The zero-order valence-corrected chi connectivity index (χ0v) is 16.7. The van der Waals surface area contributed by atoms with Crippen molar-refractivity contribution in [1.82, 2.24) is 10.0 Å². The van der Waals surface area contributed by atoms with Gasteiger partial charge in [0.1, 0.15) is 0 Å². The number of nitrogens with one attached hydrogen (secondary N) is 2. The van der Waals surface area contributed by atoms with E-state index in [0.717, 1.165) is 44.9 Å². The lowest BCUT2D eigenvalue weighted by molar-refractivity contribution is -0.126. The average molecular weight is 381 g/mol. The number of hydrogen-bond acceptors (Lipinski definition) is 3. The molecule has 1 aliphatic carbocycles. The van der Waals surface area contributed by atoms with Crippen molar-refractivity contribution < 1.29 is 13.2 Å². The van der Waals surface area contributed by atoms with E-state index in [0.29, 0.717) is 6.54 Å². The van der Waals surface area contributed by atoms with Crippen LogP contribution in [-0.2, 0) is 21.2 Å². The smallest absolute Gasteiger partial charge is 0.223 e. The highest BCUT2D eigenvalue weighted by Gasteiger charge is 2.29. The van der Waals surface area contributed by atoms with Crippen LogP contribution in [0, 0.1) is 5.92 Å². The molecular formula is C20H32N2O3S. The molecule has 26 heavy (non-hydrogen) atoms. The normalized spacial score (nSPS) is 20.9. The molecule has 5 nitrogen and oxygen atoms in total. The molecule has 1 fully saturated rings. The van der Waals surface area contributed by atoms with E-state index in [-0.39, 0.29) is 17.9 Å². The molecule has 1 aromatic carbocycles. The van der Waals surface area contributed by atoms with E-state index < -0.39 is 15.3 Å². The second kappa shape index (κ2) is 10.1. The lowest BCUT2D eigenvalue weighted by atomic mass is 9.86. The van der Waals surface area contributed by atoms with Gasteiger partial charge in [-0.25, -0.2) is 13.1 Å². The van der Waals surface area contributed by atoms with Gasteiger partial charge in [-0.1, -0.05) is 30.3 Å². The second-order valence-corrected chi connectivity index (χ2v) is 9.76. The predicted octanol–water partition coefficient (Wildman–Crippen LogP) is 3.01. The standard InChI is InChI=1S/C20H32N2O3S/c1-16(2)26(24,25)22-19-13-11-18(12-14-19)20(23)21-15-7-6-10-17-8-4-3-5-9-17/h3-5,8-9,16,18-19,22H,6-7,10-15H2,1-2H3,(H,21,23). The summed E-state index contributed by atoms with van der Waals surface area (Å²) in [5.74, 6) is 0.138. The topological polar surface area (TPSA) is 75.3 Å². The van der Waals surface area contributed by atoms with E-state index in [9.17, 15) is 13.2 Å². The SMILES string of the molecule is CC(C)S(=O)(=O)NC1CCC(C(=O)NCCCCc2ccccc2)CC1. The summed E-state index contributed by atoms with van der Waals surface area (Å²) in [6.07, 6.45) is 6.05. The first-order valence-corrected chi connectivity index (χ1v) is 11.3. The molecule has 2 N–H and O–H groups in total. The molecule has 0 aromatic heterocycles. The molecule has 1 saturated carbocycles. The highest BCUT2D eigenvalue weighted by molar-refractivity contribution is 7.90. The van der Waals surface area contributed by atoms with Crippen LogP contribution in [0.2, 0.25) is 0 Å². The van der Waals surface area contributed by atoms with Crippen LogP contribution in [-0.4, -0.2) is 32.2 Å². The van der Waals surface area contributed by atoms with E-state index in [1.165, 1.54) is 5.56 Å². The maximum absolute atomic E-state index is 12.3. The van der Waals surface area contributed by atoms with E-state index >= 15 is 0 Å². The summed E-state index contributed by atoms with van der Waals surface area (Å²) in [4.78, 5) is 12.3. The molecule has 0 heterocycles. The average Bonchev–Trinajstić information content (AvgIpc) is 2.62. The van der Waals surface area contributed by atoms with Crippen molar-refractivity contribution in [2.45, 2.75) is 70.1 Å². The second-order valence-electron chi connectivity index (χ2n) is 7.49. The Morgan fingerprint density at radius 1 is 1.08 bits per heavy atom. The van der Waals surface area contributed by atoms with E-state index in [1.807, 2.05) is 6.07 Å². The number of benzene rings is 1.